The van der Waals surface area contributed by atoms with Crippen LogP contribution >= 0.6 is 0 Å². The molecule has 1 amide bonds. The molecule has 164 valence electrons. The molecule has 1 fully saturated rings. The summed E-state index contributed by atoms with van der Waals surface area (Å²) in [5.74, 6) is -0.214. The number of ether oxygens (including phenoxy) is 2. The summed E-state index contributed by atoms with van der Waals surface area (Å²) in [7, 11) is -0.471. The van der Waals surface area contributed by atoms with Crippen molar-refractivity contribution in [3.63, 3.8) is 0 Å². The molecule has 28 heavy (non-hydrogen) atoms. The second-order valence-electron chi connectivity index (χ2n) is 10.3. The number of nitrogens with zero attached hydrogens (tertiary/aromatic N) is 1. The lowest BCUT2D eigenvalue weighted by molar-refractivity contribution is -0.140. The number of piperidine rings is 1. The van der Waals surface area contributed by atoms with Crippen molar-refractivity contribution in [1.82, 2.24) is 4.90 Å². The summed E-state index contributed by atoms with van der Waals surface area (Å²) >= 11 is 0. The highest BCUT2D eigenvalue weighted by Crippen LogP contribution is 2.39. The largest absolute Gasteiger partial charge is 0.469 e. The van der Waals surface area contributed by atoms with Crippen molar-refractivity contribution < 1.29 is 23.5 Å². The molecule has 0 N–H and O–H groups in total. The van der Waals surface area contributed by atoms with Gasteiger partial charge in [0.2, 0.25) is 0 Å². The first kappa shape index (κ1) is 25.0. The topological polar surface area (TPSA) is 65.1 Å². The Labute approximate surface area is 172 Å². The maximum absolute atomic E-state index is 12.7. The van der Waals surface area contributed by atoms with Gasteiger partial charge in [0, 0.05) is 25.1 Å². The fourth-order valence-corrected chi connectivity index (χ4v) is 4.53. The number of hydrogen-bond donors (Lipinski definition) is 0. The van der Waals surface area contributed by atoms with Crippen molar-refractivity contribution in [3.05, 3.63) is 0 Å². The van der Waals surface area contributed by atoms with Gasteiger partial charge in [-0.25, -0.2) is 4.79 Å². The molecule has 1 aliphatic rings. The SMILES string of the molecule is COC(=O)CCC[C@H]1C[C@@H](O[Si](C)(C)C(C)(C)C)CCN1C(=O)OC(C)(C)C. The van der Waals surface area contributed by atoms with Crippen LogP contribution in [0.4, 0.5) is 4.79 Å². The van der Waals surface area contributed by atoms with Gasteiger partial charge < -0.3 is 18.8 Å². The Balaban J connectivity index is 2.84. The van der Waals surface area contributed by atoms with Gasteiger partial charge in [-0.1, -0.05) is 20.8 Å². The predicted octanol–water partition coefficient (Wildman–Crippen LogP) is 5.12. The van der Waals surface area contributed by atoms with Crippen LogP contribution < -0.4 is 0 Å². The average Bonchev–Trinajstić information content (AvgIpc) is 2.51. The van der Waals surface area contributed by atoms with E-state index >= 15 is 0 Å². The summed E-state index contributed by atoms with van der Waals surface area (Å²) in [6.45, 7) is 17.5. The molecule has 0 radical (unpaired) electrons. The molecule has 0 aliphatic carbocycles. The third kappa shape index (κ3) is 7.74. The fourth-order valence-electron chi connectivity index (χ4n) is 3.13. The van der Waals surface area contributed by atoms with E-state index in [-0.39, 0.29) is 29.2 Å². The average molecular weight is 416 g/mol. The molecule has 6 nitrogen and oxygen atoms in total. The normalized spacial score (nSPS) is 21.4. The van der Waals surface area contributed by atoms with Crippen molar-refractivity contribution in [2.45, 2.75) is 110 Å². The highest BCUT2D eigenvalue weighted by molar-refractivity contribution is 6.74. The van der Waals surface area contributed by atoms with Crippen LogP contribution in [-0.2, 0) is 18.7 Å². The summed E-state index contributed by atoms with van der Waals surface area (Å²) in [5.41, 5.74) is -0.526. The summed E-state index contributed by atoms with van der Waals surface area (Å²) in [6.07, 6.45) is 3.26. The van der Waals surface area contributed by atoms with Gasteiger partial charge in [-0.2, -0.15) is 0 Å². The van der Waals surface area contributed by atoms with E-state index in [0.717, 1.165) is 19.3 Å². The lowest BCUT2D eigenvalue weighted by Gasteiger charge is -2.45. The molecule has 1 aliphatic heterocycles. The van der Waals surface area contributed by atoms with Crippen LogP contribution in [0.25, 0.3) is 0 Å². The lowest BCUT2D eigenvalue weighted by Crippen LogP contribution is -2.52. The molecule has 2 atom stereocenters. The minimum absolute atomic E-state index is 0.0167. The van der Waals surface area contributed by atoms with E-state index in [0.29, 0.717) is 19.4 Å². The van der Waals surface area contributed by atoms with Gasteiger partial charge in [0.1, 0.15) is 5.60 Å². The van der Waals surface area contributed by atoms with Crippen LogP contribution in [0.3, 0.4) is 0 Å². The number of methoxy groups -OCH3 is 1. The first-order valence-corrected chi connectivity index (χ1v) is 13.3. The molecule has 1 saturated heterocycles. The van der Waals surface area contributed by atoms with Gasteiger partial charge in [-0.15, -0.1) is 0 Å². The van der Waals surface area contributed by atoms with E-state index in [4.69, 9.17) is 13.9 Å². The molecular weight excluding hydrogens is 374 g/mol. The Bertz CT molecular complexity index is 536. The Morgan fingerprint density at radius 1 is 1.11 bits per heavy atom. The molecular formula is C21H41NO5Si. The summed E-state index contributed by atoms with van der Waals surface area (Å²) in [6, 6.07) is 0.0167. The molecule has 0 unspecified atom stereocenters. The quantitative estimate of drug-likeness (QED) is 0.445. The van der Waals surface area contributed by atoms with E-state index in [9.17, 15) is 9.59 Å². The zero-order valence-electron chi connectivity index (χ0n) is 19.4. The van der Waals surface area contributed by atoms with E-state index in [1.54, 1.807) is 0 Å². The number of amides is 1. The number of carbonyl (C=O) groups excluding carboxylic acids is 2. The minimum Gasteiger partial charge on any atom is -0.469 e. The first-order chi connectivity index (χ1) is 12.7. The zero-order valence-corrected chi connectivity index (χ0v) is 20.4. The molecule has 1 heterocycles. The molecule has 0 bridgehead atoms. The van der Waals surface area contributed by atoms with Gasteiger partial charge in [-0.05, 0) is 64.6 Å². The van der Waals surface area contributed by atoms with Crippen LogP contribution in [0.2, 0.25) is 18.1 Å². The van der Waals surface area contributed by atoms with Crippen molar-refractivity contribution in [3.8, 4) is 0 Å². The van der Waals surface area contributed by atoms with Crippen LogP contribution in [0.15, 0.2) is 0 Å². The Hall–Kier alpha value is -1.08. The highest BCUT2D eigenvalue weighted by atomic mass is 28.4. The molecule has 0 aromatic heterocycles. The maximum atomic E-state index is 12.7. The Morgan fingerprint density at radius 2 is 1.71 bits per heavy atom. The van der Waals surface area contributed by atoms with Crippen molar-refractivity contribution >= 4 is 20.4 Å². The zero-order chi connectivity index (χ0) is 21.8. The highest BCUT2D eigenvalue weighted by Gasteiger charge is 2.42. The summed E-state index contributed by atoms with van der Waals surface area (Å²) < 4.78 is 17.0. The second-order valence-corrected chi connectivity index (χ2v) is 15.1. The number of hydrogen-bond acceptors (Lipinski definition) is 5. The van der Waals surface area contributed by atoms with E-state index in [1.807, 2.05) is 25.7 Å². The predicted molar refractivity (Wildman–Crippen MR) is 114 cm³/mol. The van der Waals surface area contributed by atoms with Crippen LogP contribution in [-0.4, -0.2) is 56.7 Å². The van der Waals surface area contributed by atoms with E-state index in [2.05, 4.69) is 33.9 Å². The molecule has 0 spiro atoms. The van der Waals surface area contributed by atoms with Gasteiger partial charge >= 0.3 is 12.1 Å². The smallest absolute Gasteiger partial charge is 0.410 e. The third-order valence-corrected chi connectivity index (χ3v) is 10.2. The number of rotatable bonds is 6. The number of carbonyl (C=O) groups is 2. The maximum Gasteiger partial charge on any atom is 0.410 e. The van der Waals surface area contributed by atoms with Crippen LogP contribution in [0, 0.1) is 0 Å². The fraction of sp³-hybridized carbons (Fsp3) is 0.905. The molecule has 0 aromatic carbocycles. The van der Waals surface area contributed by atoms with Crippen molar-refractivity contribution in [2.24, 2.45) is 0 Å². The monoisotopic (exact) mass is 415 g/mol. The molecule has 0 saturated carbocycles. The molecule has 1 rings (SSSR count). The second kappa shape index (κ2) is 9.61. The molecule has 0 aromatic rings. The first-order valence-electron chi connectivity index (χ1n) is 10.4. The standard InChI is InChI=1S/C21H41NO5Si/c1-20(2,3)26-19(24)22-14-13-17(27-28(8,9)21(4,5)6)15-16(22)11-10-12-18(23)25-7/h16-17H,10-15H2,1-9H3/t16-,17-/m0/s1. The number of esters is 1. The van der Waals surface area contributed by atoms with Gasteiger partial charge in [0.15, 0.2) is 8.32 Å². The van der Waals surface area contributed by atoms with Crippen LogP contribution in [0.5, 0.6) is 0 Å². The van der Waals surface area contributed by atoms with Gasteiger partial charge in [0.25, 0.3) is 0 Å². The summed E-state index contributed by atoms with van der Waals surface area (Å²) in [4.78, 5) is 26.0. The van der Waals surface area contributed by atoms with Crippen molar-refractivity contribution in [1.29, 1.82) is 0 Å². The van der Waals surface area contributed by atoms with Gasteiger partial charge in [-0.3, -0.25) is 4.79 Å². The molecule has 7 heteroatoms. The Kier molecular flexibility index (Phi) is 8.57. The van der Waals surface area contributed by atoms with E-state index < -0.39 is 13.9 Å². The summed E-state index contributed by atoms with van der Waals surface area (Å²) in [5, 5.41) is 0.148. The lowest BCUT2D eigenvalue weighted by atomic mass is 9.95. The van der Waals surface area contributed by atoms with Gasteiger partial charge in [0.05, 0.1) is 7.11 Å². The third-order valence-electron chi connectivity index (χ3n) is 5.71. The minimum atomic E-state index is -1.87. The van der Waals surface area contributed by atoms with Crippen LogP contribution in [0.1, 0.15) is 73.6 Å². The van der Waals surface area contributed by atoms with E-state index in [1.165, 1.54) is 7.11 Å². The van der Waals surface area contributed by atoms with Crippen molar-refractivity contribution in [2.75, 3.05) is 13.7 Å². The number of likely N-dealkylation sites (tertiary alicyclic amines) is 1. The Morgan fingerprint density at radius 3 is 2.21 bits per heavy atom.